The molecule has 0 fully saturated rings. The molecule has 0 unspecified atom stereocenters. The van der Waals surface area contributed by atoms with Crippen molar-refractivity contribution in [2.24, 2.45) is 5.92 Å². The van der Waals surface area contributed by atoms with Crippen LogP contribution in [0.5, 0.6) is 5.75 Å². The highest BCUT2D eigenvalue weighted by molar-refractivity contribution is 7.92. The van der Waals surface area contributed by atoms with Gasteiger partial charge < -0.3 is 15.0 Å². The number of sulfonamides is 1. The number of nitrogens with zero attached hydrogens (tertiary/aromatic N) is 2. The average Bonchev–Trinajstić information content (AvgIpc) is 2.86. The zero-order valence-electron chi connectivity index (χ0n) is 23.2. The van der Waals surface area contributed by atoms with E-state index in [-0.39, 0.29) is 43.7 Å². The van der Waals surface area contributed by atoms with E-state index in [2.05, 4.69) is 5.32 Å². The summed E-state index contributed by atoms with van der Waals surface area (Å²) < 4.78 is 31.8. The maximum absolute atomic E-state index is 13.6. The molecule has 210 valence electrons. The third-order valence-electron chi connectivity index (χ3n) is 6.15. The number of hydrogen-bond acceptors (Lipinski definition) is 5. The molecule has 2 aromatic carbocycles. The Morgan fingerprint density at radius 2 is 1.84 bits per heavy atom. The van der Waals surface area contributed by atoms with Gasteiger partial charge in [-0.25, -0.2) is 8.42 Å². The zero-order valence-corrected chi connectivity index (χ0v) is 24.7. The maximum Gasteiger partial charge on any atom is 0.242 e. The van der Waals surface area contributed by atoms with Gasteiger partial charge in [0.2, 0.25) is 21.8 Å². The van der Waals surface area contributed by atoms with Crippen molar-refractivity contribution in [3.05, 3.63) is 58.6 Å². The van der Waals surface area contributed by atoms with Gasteiger partial charge in [0, 0.05) is 31.1 Å². The van der Waals surface area contributed by atoms with Gasteiger partial charge in [0.15, 0.2) is 0 Å². The van der Waals surface area contributed by atoms with Crippen LogP contribution < -0.4 is 14.4 Å². The topological polar surface area (TPSA) is 96.0 Å². The summed E-state index contributed by atoms with van der Waals surface area (Å²) in [6.07, 6.45) is 1.92. The van der Waals surface area contributed by atoms with Gasteiger partial charge in [0.25, 0.3) is 0 Å². The lowest BCUT2D eigenvalue weighted by atomic mass is 10.1. The van der Waals surface area contributed by atoms with Gasteiger partial charge in [0.05, 0.1) is 19.1 Å². The van der Waals surface area contributed by atoms with E-state index >= 15 is 0 Å². The van der Waals surface area contributed by atoms with Crippen molar-refractivity contribution >= 4 is 39.1 Å². The van der Waals surface area contributed by atoms with Gasteiger partial charge in [-0.05, 0) is 61.1 Å². The average molecular weight is 566 g/mol. The van der Waals surface area contributed by atoms with Crippen LogP contribution in [0.2, 0.25) is 5.02 Å². The fourth-order valence-electron chi connectivity index (χ4n) is 4.14. The van der Waals surface area contributed by atoms with E-state index < -0.39 is 16.1 Å². The van der Waals surface area contributed by atoms with Crippen LogP contribution in [-0.4, -0.2) is 57.6 Å². The molecule has 2 amide bonds. The molecule has 0 aliphatic heterocycles. The number of methoxy groups -OCH3 is 1. The van der Waals surface area contributed by atoms with Gasteiger partial charge in [-0.1, -0.05) is 50.6 Å². The van der Waals surface area contributed by atoms with Gasteiger partial charge in [-0.15, -0.1) is 0 Å². The summed E-state index contributed by atoms with van der Waals surface area (Å²) in [7, 11) is -2.04. The molecule has 0 spiro atoms. The number of ether oxygens (including phenoxy) is 1. The molecule has 2 rings (SSSR count). The Kier molecular flexibility index (Phi) is 11.9. The molecule has 0 saturated carbocycles. The van der Waals surface area contributed by atoms with Crippen LogP contribution in [0, 0.1) is 12.8 Å². The molecule has 2 aromatic rings. The van der Waals surface area contributed by atoms with Crippen LogP contribution in [0.4, 0.5) is 5.69 Å². The summed E-state index contributed by atoms with van der Waals surface area (Å²) in [6, 6.07) is 11.8. The van der Waals surface area contributed by atoms with E-state index in [1.807, 2.05) is 52.0 Å². The largest absolute Gasteiger partial charge is 0.497 e. The highest BCUT2D eigenvalue weighted by atomic mass is 35.5. The second-order valence-electron chi connectivity index (χ2n) is 9.81. The summed E-state index contributed by atoms with van der Waals surface area (Å²) in [5.41, 5.74) is 2.08. The fourth-order valence-corrected chi connectivity index (χ4v) is 5.32. The summed E-state index contributed by atoms with van der Waals surface area (Å²) in [6.45, 7) is 8.55. The predicted octanol–water partition coefficient (Wildman–Crippen LogP) is 4.78. The lowest BCUT2D eigenvalue weighted by molar-refractivity contribution is -0.141. The number of amides is 2. The number of carbonyl (C=O) groups is 2. The summed E-state index contributed by atoms with van der Waals surface area (Å²) in [5, 5.41) is 3.38. The van der Waals surface area contributed by atoms with E-state index in [9.17, 15) is 18.0 Å². The molecule has 0 aromatic heterocycles. The normalized spacial score (nSPS) is 12.2. The van der Waals surface area contributed by atoms with Crippen LogP contribution in [0.1, 0.15) is 51.2 Å². The Balaban J connectivity index is 2.26. The minimum Gasteiger partial charge on any atom is -0.497 e. The zero-order chi connectivity index (χ0) is 28.5. The molecule has 10 heteroatoms. The van der Waals surface area contributed by atoms with Crippen molar-refractivity contribution in [3.63, 3.8) is 0 Å². The Bertz CT molecular complexity index is 1200. The Morgan fingerprint density at radius 3 is 2.45 bits per heavy atom. The highest BCUT2D eigenvalue weighted by Gasteiger charge is 2.29. The SMILES string of the molecule is CC[C@H](C(=O)NCC(C)C)N(Cc1cccc(OC)c1)C(=O)CCCN(c1cc(Cl)ccc1C)S(C)(=O)=O. The van der Waals surface area contributed by atoms with Crippen LogP contribution >= 0.6 is 11.6 Å². The molecule has 0 heterocycles. The first-order valence-electron chi connectivity index (χ1n) is 12.8. The number of carbonyl (C=O) groups excluding carboxylic acids is 2. The van der Waals surface area contributed by atoms with Crippen molar-refractivity contribution in [1.82, 2.24) is 10.2 Å². The van der Waals surface area contributed by atoms with Crippen molar-refractivity contribution in [3.8, 4) is 5.75 Å². The molecule has 8 nitrogen and oxygen atoms in total. The van der Waals surface area contributed by atoms with Crippen molar-refractivity contribution in [2.75, 3.05) is 30.8 Å². The molecular weight excluding hydrogens is 526 g/mol. The van der Waals surface area contributed by atoms with Gasteiger partial charge in [0.1, 0.15) is 11.8 Å². The van der Waals surface area contributed by atoms with Crippen LogP contribution in [-0.2, 0) is 26.2 Å². The van der Waals surface area contributed by atoms with E-state index in [4.69, 9.17) is 16.3 Å². The minimum absolute atomic E-state index is 0.0730. The van der Waals surface area contributed by atoms with Crippen molar-refractivity contribution in [1.29, 1.82) is 0 Å². The molecule has 0 aliphatic carbocycles. The number of benzene rings is 2. The summed E-state index contributed by atoms with van der Waals surface area (Å²) >= 11 is 6.13. The quantitative estimate of drug-likeness (QED) is 0.355. The number of halogens is 1. The molecule has 0 radical (unpaired) electrons. The molecule has 1 atom stereocenters. The van der Waals surface area contributed by atoms with Gasteiger partial charge >= 0.3 is 0 Å². The number of anilines is 1. The molecule has 0 saturated heterocycles. The van der Waals surface area contributed by atoms with Crippen molar-refractivity contribution < 1.29 is 22.7 Å². The molecule has 0 aliphatic rings. The number of rotatable bonds is 14. The third-order valence-corrected chi connectivity index (χ3v) is 7.56. The number of aryl methyl sites for hydroxylation is 1. The molecular formula is C28H40ClN3O5S. The first kappa shape index (κ1) is 31.4. The van der Waals surface area contributed by atoms with E-state index in [1.165, 1.54) is 4.31 Å². The summed E-state index contributed by atoms with van der Waals surface area (Å²) in [5.74, 6) is 0.504. The monoisotopic (exact) mass is 565 g/mol. The van der Waals surface area contributed by atoms with E-state index in [0.717, 1.165) is 17.4 Å². The Labute approximate surface area is 232 Å². The smallest absolute Gasteiger partial charge is 0.242 e. The Morgan fingerprint density at radius 1 is 1.13 bits per heavy atom. The van der Waals surface area contributed by atoms with Gasteiger partial charge in [-0.3, -0.25) is 13.9 Å². The number of hydrogen-bond donors (Lipinski definition) is 1. The minimum atomic E-state index is -3.61. The van der Waals surface area contributed by atoms with Crippen molar-refractivity contribution in [2.45, 2.75) is 59.5 Å². The van der Waals surface area contributed by atoms with Crippen LogP contribution in [0.25, 0.3) is 0 Å². The second kappa shape index (κ2) is 14.4. The lowest BCUT2D eigenvalue weighted by Crippen LogP contribution is -2.49. The molecule has 0 bridgehead atoms. The first-order valence-corrected chi connectivity index (χ1v) is 15.0. The van der Waals surface area contributed by atoms with E-state index in [1.54, 1.807) is 30.2 Å². The van der Waals surface area contributed by atoms with Gasteiger partial charge in [-0.2, -0.15) is 0 Å². The molecule has 38 heavy (non-hydrogen) atoms. The predicted molar refractivity (Wildman–Crippen MR) is 153 cm³/mol. The summed E-state index contributed by atoms with van der Waals surface area (Å²) in [4.78, 5) is 28.2. The third kappa shape index (κ3) is 9.20. The Hall–Kier alpha value is -2.78. The maximum atomic E-state index is 13.6. The standard InChI is InChI=1S/C28H40ClN3O5S/c1-7-25(28(34)30-18-20(2)3)31(19-22-10-8-11-24(16-22)37-5)27(33)12-9-15-32(38(6,35)36)26-17-23(29)14-13-21(26)4/h8,10-11,13-14,16-17,20,25H,7,9,12,15,18-19H2,1-6H3,(H,30,34)/t25-/m1/s1. The van der Waals surface area contributed by atoms with E-state index in [0.29, 0.717) is 29.4 Å². The first-order chi connectivity index (χ1) is 17.9. The van der Waals surface area contributed by atoms with Crippen LogP contribution in [0.3, 0.4) is 0 Å². The number of nitrogens with one attached hydrogen (secondary N) is 1. The second-order valence-corrected chi connectivity index (χ2v) is 12.1. The van der Waals surface area contributed by atoms with Crippen LogP contribution in [0.15, 0.2) is 42.5 Å². The molecule has 1 N–H and O–H groups in total. The fraction of sp³-hybridized carbons (Fsp3) is 0.500. The lowest BCUT2D eigenvalue weighted by Gasteiger charge is -2.31. The highest BCUT2D eigenvalue weighted by Crippen LogP contribution is 2.27.